The quantitative estimate of drug-likeness (QED) is 0.781. The summed E-state index contributed by atoms with van der Waals surface area (Å²) in [7, 11) is 0. The average Bonchev–Trinajstić information content (AvgIpc) is 2.66. The second-order valence-electron chi connectivity index (χ2n) is 5.08. The van der Waals surface area contributed by atoms with Crippen LogP contribution in [0, 0.1) is 0 Å². The zero-order chi connectivity index (χ0) is 10.7. The summed E-state index contributed by atoms with van der Waals surface area (Å²) >= 11 is 5.72. The highest BCUT2D eigenvalue weighted by atomic mass is 35.5. The van der Waals surface area contributed by atoms with E-state index in [1.54, 1.807) is 5.54 Å². The van der Waals surface area contributed by atoms with Crippen molar-refractivity contribution in [2.75, 3.05) is 26.2 Å². The van der Waals surface area contributed by atoms with Gasteiger partial charge in [-0.15, -0.1) is 0 Å². The van der Waals surface area contributed by atoms with Crippen LogP contribution in [0.1, 0.15) is 32.6 Å². The summed E-state index contributed by atoms with van der Waals surface area (Å²) in [5.41, 5.74) is 3.42. The van der Waals surface area contributed by atoms with Gasteiger partial charge < -0.3 is 5.32 Å². The van der Waals surface area contributed by atoms with Gasteiger partial charge in [0.1, 0.15) is 0 Å². The third-order valence-corrected chi connectivity index (χ3v) is 4.05. The molecule has 15 heavy (non-hydrogen) atoms. The molecule has 0 aromatic carbocycles. The molecular formula is C12H21ClN2. The molecule has 0 amide bonds. The molecule has 2 nitrogen and oxygen atoms in total. The molecule has 2 fully saturated rings. The SMILES string of the molecule is CC(=CCl)CN1CCNC2(CCCC2)C1. The van der Waals surface area contributed by atoms with Crippen LogP contribution < -0.4 is 5.32 Å². The van der Waals surface area contributed by atoms with E-state index < -0.39 is 0 Å². The van der Waals surface area contributed by atoms with Crippen molar-refractivity contribution in [3.05, 3.63) is 11.1 Å². The Hall–Kier alpha value is -0.0500. The Balaban J connectivity index is 1.92. The lowest BCUT2D eigenvalue weighted by atomic mass is 9.94. The van der Waals surface area contributed by atoms with E-state index in [0.29, 0.717) is 5.54 Å². The lowest BCUT2D eigenvalue weighted by Crippen LogP contribution is -2.59. The van der Waals surface area contributed by atoms with Crippen LogP contribution >= 0.6 is 11.6 Å². The second kappa shape index (κ2) is 4.86. The monoisotopic (exact) mass is 228 g/mol. The van der Waals surface area contributed by atoms with Crippen molar-refractivity contribution in [1.82, 2.24) is 10.2 Å². The van der Waals surface area contributed by atoms with Crippen molar-refractivity contribution in [1.29, 1.82) is 0 Å². The second-order valence-corrected chi connectivity index (χ2v) is 5.30. The van der Waals surface area contributed by atoms with Gasteiger partial charge in [-0.2, -0.15) is 0 Å². The minimum absolute atomic E-state index is 0.435. The molecule has 0 bridgehead atoms. The van der Waals surface area contributed by atoms with Crippen LogP contribution in [0.15, 0.2) is 11.1 Å². The van der Waals surface area contributed by atoms with Gasteiger partial charge in [0, 0.05) is 37.3 Å². The average molecular weight is 229 g/mol. The van der Waals surface area contributed by atoms with Gasteiger partial charge in [0.15, 0.2) is 0 Å². The maximum atomic E-state index is 5.72. The summed E-state index contributed by atoms with van der Waals surface area (Å²) in [6.45, 7) is 6.64. The van der Waals surface area contributed by atoms with Gasteiger partial charge in [0.25, 0.3) is 0 Å². The van der Waals surface area contributed by atoms with E-state index in [2.05, 4.69) is 17.1 Å². The first-order valence-corrected chi connectivity index (χ1v) is 6.41. The summed E-state index contributed by atoms with van der Waals surface area (Å²) in [6, 6.07) is 0. The predicted molar refractivity (Wildman–Crippen MR) is 65.3 cm³/mol. The Labute approximate surface area is 97.7 Å². The third-order valence-electron chi connectivity index (χ3n) is 3.67. The summed E-state index contributed by atoms with van der Waals surface area (Å²) in [5, 5.41) is 3.72. The number of nitrogens with one attached hydrogen (secondary N) is 1. The fraction of sp³-hybridized carbons (Fsp3) is 0.833. The topological polar surface area (TPSA) is 15.3 Å². The maximum absolute atomic E-state index is 5.72. The van der Waals surface area contributed by atoms with E-state index in [1.165, 1.54) is 37.8 Å². The summed E-state index contributed by atoms with van der Waals surface area (Å²) < 4.78 is 0. The minimum atomic E-state index is 0.435. The van der Waals surface area contributed by atoms with E-state index in [1.807, 2.05) is 0 Å². The smallest absolute Gasteiger partial charge is 0.0309 e. The van der Waals surface area contributed by atoms with Gasteiger partial charge in [0.05, 0.1) is 0 Å². The number of nitrogens with zero attached hydrogens (tertiary/aromatic N) is 1. The van der Waals surface area contributed by atoms with Crippen molar-refractivity contribution in [3.63, 3.8) is 0 Å². The molecule has 1 N–H and O–H groups in total. The van der Waals surface area contributed by atoms with Crippen LogP contribution in [0.25, 0.3) is 0 Å². The molecule has 1 heterocycles. The Morgan fingerprint density at radius 2 is 2.20 bits per heavy atom. The first kappa shape index (κ1) is 11.4. The maximum Gasteiger partial charge on any atom is 0.0309 e. The van der Waals surface area contributed by atoms with Crippen LogP contribution in [-0.2, 0) is 0 Å². The zero-order valence-corrected chi connectivity index (χ0v) is 10.3. The summed E-state index contributed by atoms with van der Waals surface area (Å²) in [5.74, 6) is 0. The molecular weight excluding hydrogens is 208 g/mol. The van der Waals surface area contributed by atoms with Gasteiger partial charge in [-0.05, 0) is 25.3 Å². The molecule has 1 saturated heterocycles. The largest absolute Gasteiger partial charge is 0.309 e. The Kier molecular flexibility index (Phi) is 3.70. The van der Waals surface area contributed by atoms with Crippen molar-refractivity contribution >= 4 is 11.6 Å². The molecule has 1 spiro atoms. The third kappa shape index (κ3) is 2.74. The first-order chi connectivity index (χ1) is 7.24. The molecule has 0 unspecified atom stereocenters. The number of rotatable bonds is 2. The fourth-order valence-electron chi connectivity index (χ4n) is 2.95. The molecule has 1 saturated carbocycles. The van der Waals surface area contributed by atoms with Crippen molar-refractivity contribution in [3.8, 4) is 0 Å². The highest BCUT2D eigenvalue weighted by Crippen LogP contribution is 2.32. The minimum Gasteiger partial charge on any atom is -0.309 e. The van der Waals surface area contributed by atoms with Crippen LogP contribution in [-0.4, -0.2) is 36.6 Å². The van der Waals surface area contributed by atoms with Gasteiger partial charge in [-0.3, -0.25) is 4.90 Å². The van der Waals surface area contributed by atoms with Crippen molar-refractivity contribution in [2.45, 2.75) is 38.1 Å². The van der Waals surface area contributed by atoms with E-state index in [4.69, 9.17) is 11.6 Å². The summed E-state index contributed by atoms with van der Waals surface area (Å²) in [4.78, 5) is 2.54. The molecule has 0 atom stereocenters. The van der Waals surface area contributed by atoms with E-state index in [0.717, 1.165) is 19.6 Å². The number of halogens is 1. The predicted octanol–water partition coefficient (Wildman–Crippen LogP) is 2.35. The van der Waals surface area contributed by atoms with Crippen LogP contribution in [0.3, 0.4) is 0 Å². The molecule has 0 aromatic rings. The number of hydrogen-bond donors (Lipinski definition) is 1. The first-order valence-electron chi connectivity index (χ1n) is 5.97. The van der Waals surface area contributed by atoms with E-state index >= 15 is 0 Å². The van der Waals surface area contributed by atoms with E-state index in [-0.39, 0.29) is 0 Å². The Bertz CT molecular complexity index is 244. The lowest BCUT2D eigenvalue weighted by molar-refractivity contribution is 0.144. The Morgan fingerprint density at radius 1 is 1.47 bits per heavy atom. The number of hydrogen-bond acceptors (Lipinski definition) is 2. The van der Waals surface area contributed by atoms with Crippen LogP contribution in [0.5, 0.6) is 0 Å². The van der Waals surface area contributed by atoms with Gasteiger partial charge in [0.2, 0.25) is 0 Å². The summed E-state index contributed by atoms with van der Waals surface area (Å²) in [6.07, 6.45) is 5.50. The van der Waals surface area contributed by atoms with Crippen molar-refractivity contribution in [2.24, 2.45) is 0 Å². The van der Waals surface area contributed by atoms with Gasteiger partial charge in [-0.1, -0.05) is 24.4 Å². The standard InChI is InChI=1S/C12H21ClN2/c1-11(8-13)9-15-7-6-14-12(10-15)4-2-3-5-12/h8,14H,2-7,9-10H2,1H3. The van der Waals surface area contributed by atoms with Crippen LogP contribution in [0.2, 0.25) is 0 Å². The normalized spacial score (nSPS) is 27.5. The molecule has 2 rings (SSSR count). The highest BCUT2D eigenvalue weighted by Gasteiger charge is 2.37. The van der Waals surface area contributed by atoms with Gasteiger partial charge >= 0.3 is 0 Å². The van der Waals surface area contributed by atoms with E-state index in [9.17, 15) is 0 Å². The molecule has 1 aliphatic carbocycles. The Morgan fingerprint density at radius 3 is 2.87 bits per heavy atom. The molecule has 86 valence electrons. The number of piperazine rings is 1. The van der Waals surface area contributed by atoms with Crippen molar-refractivity contribution < 1.29 is 0 Å². The zero-order valence-electron chi connectivity index (χ0n) is 9.56. The van der Waals surface area contributed by atoms with Crippen LogP contribution in [0.4, 0.5) is 0 Å². The van der Waals surface area contributed by atoms with Gasteiger partial charge in [-0.25, -0.2) is 0 Å². The molecule has 2 aliphatic rings. The lowest BCUT2D eigenvalue weighted by Gasteiger charge is -2.41. The molecule has 3 heteroatoms. The molecule has 1 aliphatic heterocycles. The molecule has 0 radical (unpaired) electrons. The fourth-order valence-corrected chi connectivity index (χ4v) is 3.02. The molecule has 0 aromatic heterocycles. The highest BCUT2D eigenvalue weighted by molar-refractivity contribution is 6.25.